The van der Waals surface area contributed by atoms with Crippen molar-refractivity contribution >= 4 is 39.1 Å². The summed E-state index contributed by atoms with van der Waals surface area (Å²) in [4.78, 5) is 0. The molecule has 0 radical (unpaired) electrons. The van der Waals surface area contributed by atoms with Crippen LogP contribution in [0.25, 0.3) is 0 Å². The smallest absolute Gasteiger partial charge is 0.142 e. The monoisotopic (exact) mass is 376 g/mol. The molecule has 0 saturated heterocycles. The minimum atomic E-state index is 0.364. The van der Waals surface area contributed by atoms with Crippen LogP contribution < -0.4 is 4.74 Å². The largest absolute Gasteiger partial charge is 0.485 e. The van der Waals surface area contributed by atoms with Crippen molar-refractivity contribution in [2.24, 2.45) is 0 Å². The first kappa shape index (κ1) is 15.7. The van der Waals surface area contributed by atoms with E-state index in [4.69, 9.17) is 27.9 Å². The lowest BCUT2D eigenvalue weighted by Gasteiger charge is -2.12. The average Bonchev–Trinajstić information content (AvgIpc) is 2.72. The van der Waals surface area contributed by atoms with Gasteiger partial charge in [0.15, 0.2) is 0 Å². The van der Waals surface area contributed by atoms with Crippen molar-refractivity contribution in [1.29, 1.82) is 0 Å². The quantitative estimate of drug-likeness (QED) is 0.689. The molecule has 2 rings (SSSR count). The predicted octanol–water partition coefficient (Wildman–Crippen LogP) is 4.95. The number of rotatable bonds is 5. The van der Waals surface area contributed by atoms with Gasteiger partial charge in [-0.15, -0.1) is 11.6 Å². The third kappa shape index (κ3) is 3.13. The molecule has 0 fully saturated rings. The number of hydrogen-bond acceptors (Lipinski definition) is 2. The first-order chi connectivity index (χ1) is 9.58. The standard InChI is InChI=1S/C14H15BrCl2N2O/c1-3-19-12(13(15)9(2)18-19)8-20-14-10(7-16)5-4-6-11(14)17/h4-6H,3,7-8H2,1-2H3. The molecule has 0 aliphatic rings. The summed E-state index contributed by atoms with van der Waals surface area (Å²) in [5.74, 6) is 1.00. The summed E-state index contributed by atoms with van der Waals surface area (Å²) in [6, 6.07) is 5.57. The van der Waals surface area contributed by atoms with Crippen molar-refractivity contribution in [3.05, 3.63) is 44.6 Å². The number of para-hydroxylation sites is 1. The van der Waals surface area contributed by atoms with E-state index < -0.39 is 0 Å². The molecule has 0 aliphatic heterocycles. The van der Waals surface area contributed by atoms with Gasteiger partial charge >= 0.3 is 0 Å². The lowest BCUT2D eigenvalue weighted by Crippen LogP contribution is -2.07. The molecule has 0 saturated carbocycles. The second-order valence-electron chi connectivity index (χ2n) is 4.31. The molecule has 0 atom stereocenters. The predicted molar refractivity (Wildman–Crippen MR) is 85.7 cm³/mol. The summed E-state index contributed by atoms with van der Waals surface area (Å²) in [5.41, 5.74) is 2.82. The summed E-state index contributed by atoms with van der Waals surface area (Å²) in [7, 11) is 0. The maximum atomic E-state index is 6.18. The van der Waals surface area contributed by atoms with Gasteiger partial charge in [-0.1, -0.05) is 23.7 Å². The van der Waals surface area contributed by atoms with E-state index in [0.29, 0.717) is 23.3 Å². The van der Waals surface area contributed by atoms with E-state index in [9.17, 15) is 0 Å². The van der Waals surface area contributed by atoms with Crippen LogP contribution in [0.1, 0.15) is 23.9 Å². The molecule has 0 unspecified atom stereocenters. The van der Waals surface area contributed by atoms with E-state index in [0.717, 1.165) is 28.0 Å². The highest BCUT2D eigenvalue weighted by molar-refractivity contribution is 9.10. The van der Waals surface area contributed by atoms with Crippen LogP contribution in [-0.2, 0) is 19.0 Å². The Hall–Kier alpha value is -0.710. The molecule has 1 aromatic carbocycles. The van der Waals surface area contributed by atoms with Gasteiger partial charge in [-0.25, -0.2) is 0 Å². The highest BCUT2D eigenvalue weighted by Crippen LogP contribution is 2.31. The molecule has 0 spiro atoms. The molecule has 108 valence electrons. The fourth-order valence-electron chi connectivity index (χ4n) is 1.97. The molecule has 1 heterocycles. The van der Waals surface area contributed by atoms with Crippen LogP contribution in [0.15, 0.2) is 22.7 Å². The normalized spacial score (nSPS) is 10.8. The number of hydrogen-bond donors (Lipinski definition) is 0. The van der Waals surface area contributed by atoms with Crippen LogP contribution in [0.4, 0.5) is 0 Å². The Balaban J connectivity index is 2.25. The molecule has 6 heteroatoms. The number of nitrogens with zero attached hydrogens (tertiary/aromatic N) is 2. The Labute approximate surface area is 137 Å². The van der Waals surface area contributed by atoms with Crippen LogP contribution in [0.2, 0.25) is 5.02 Å². The number of aromatic nitrogens is 2. The Morgan fingerprint density at radius 2 is 2.15 bits per heavy atom. The van der Waals surface area contributed by atoms with Crippen LogP contribution in [0.5, 0.6) is 5.75 Å². The molecule has 0 bridgehead atoms. The van der Waals surface area contributed by atoms with E-state index in [2.05, 4.69) is 21.0 Å². The second-order valence-corrected chi connectivity index (χ2v) is 5.78. The maximum absolute atomic E-state index is 6.18. The summed E-state index contributed by atoms with van der Waals surface area (Å²) in [5, 5.41) is 5.00. The van der Waals surface area contributed by atoms with Gasteiger partial charge in [-0.3, -0.25) is 4.68 Å². The van der Waals surface area contributed by atoms with Crippen molar-refractivity contribution in [1.82, 2.24) is 9.78 Å². The average molecular weight is 378 g/mol. The Morgan fingerprint density at radius 3 is 2.80 bits per heavy atom. The molecule has 20 heavy (non-hydrogen) atoms. The van der Waals surface area contributed by atoms with Gasteiger partial charge in [-0.2, -0.15) is 5.10 Å². The van der Waals surface area contributed by atoms with E-state index in [-0.39, 0.29) is 0 Å². The van der Waals surface area contributed by atoms with Crippen LogP contribution >= 0.6 is 39.1 Å². The third-order valence-electron chi connectivity index (χ3n) is 3.00. The molecule has 0 amide bonds. The molecule has 3 nitrogen and oxygen atoms in total. The van der Waals surface area contributed by atoms with Crippen LogP contribution in [0, 0.1) is 6.92 Å². The highest BCUT2D eigenvalue weighted by atomic mass is 79.9. The molecule has 2 aromatic rings. The second kappa shape index (κ2) is 6.83. The number of halogens is 3. The maximum Gasteiger partial charge on any atom is 0.142 e. The Bertz CT molecular complexity index is 613. The minimum absolute atomic E-state index is 0.364. The fourth-order valence-corrected chi connectivity index (χ4v) is 2.83. The van der Waals surface area contributed by atoms with Crippen molar-refractivity contribution in [3.63, 3.8) is 0 Å². The number of ether oxygens (including phenoxy) is 1. The zero-order valence-corrected chi connectivity index (χ0v) is 14.4. The van der Waals surface area contributed by atoms with Gasteiger partial charge in [0.25, 0.3) is 0 Å². The zero-order valence-electron chi connectivity index (χ0n) is 11.3. The molecule has 0 aliphatic carbocycles. The van der Waals surface area contributed by atoms with Gasteiger partial charge in [0.05, 0.1) is 26.8 Å². The number of benzene rings is 1. The topological polar surface area (TPSA) is 27.1 Å². The summed E-state index contributed by atoms with van der Waals surface area (Å²) in [6.07, 6.45) is 0. The van der Waals surface area contributed by atoms with Gasteiger partial charge in [-0.05, 0) is 35.8 Å². The summed E-state index contributed by atoms with van der Waals surface area (Å²) >= 11 is 15.6. The van der Waals surface area contributed by atoms with E-state index in [1.807, 2.05) is 30.7 Å². The minimum Gasteiger partial charge on any atom is -0.485 e. The van der Waals surface area contributed by atoms with E-state index >= 15 is 0 Å². The van der Waals surface area contributed by atoms with Crippen LogP contribution in [0.3, 0.4) is 0 Å². The van der Waals surface area contributed by atoms with Crippen molar-refractivity contribution in [2.45, 2.75) is 32.9 Å². The van der Waals surface area contributed by atoms with Gasteiger partial charge in [0.2, 0.25) is 0 Å². The number of aryl methyl sites for hydroxylation is 2. The first-order valence-corrected chi connectivity index (χ1v) is 7.97. The molecule has 1 aromatic heterocycles. The fraction of sp³-hybridized carbons (Fsp3) is 0.357. The van der Waals surface area contributed by atoms with Crippen molar-refractivity contribution in [3.8, 4) is 5.75 Å². The van der Waals surface area contributed by atoms with Crippen molar-refractivity contribution in [2.75, 3.05) is 0 Å². The van der Waals surface area contributed by atoms with E-state index in [1.165, 1.54) is 0 Å². The molecular formula is C14H15BrCl2N2O. The van der Waals surface area contributed by atoms with Crippen LogP contribution in [-0.4, -0.2) is 9.78 Å². The first-order valence-electron chi connectivity index (χ1n) is 6.26. The Morgan fingerprint density at radius 1 is 1.40 bits per heavy atom. The molecule has 0 N–H and O–H groups in total. The van der Waals surface area contributed by atoms with Gasteiger partial charge in [0.1, 0.15) is 12.4 Å². The van der Waals surface area contributed by atoms with Gasteiger partial charge < -0.3 is 4.74 Å². The lowest BCUT2D eigenvalue weighted by molar-refractivity contribution is 0.289. The third-order valence-corrected chi connectivity index (χ3v) is 4.62. The van der Waals surface area contributed by atoms with E-state index in [1.54, 1.807) is 6.07 Å². The lowest BCUT2D eigenvalue weighted by atomic mass is 10.2. The van der Waals surface area contributed by atoms with Crippen molar-refractivity contribution < 1.29 is 4.74 Å². The molecular weight excluding hydrogens is 363 g/mol. The summed E-state index contributed by atoms with van der Waals surface area (Å²) in [6.45, 7) is 5.18. The number of alkyl halides is 1. The Kier molecular flexibility index (Phi) is 5.35. The highest BCUT2D eigenvalue weighted by Gasteiger charge is 2.14. The summed E-state index contributed by atoms with van der Waals surface area (Å²) < 4.78 is 8.76. The zero-order chi connectivity index (χ0) is 14.7. The SMILES string of the molecule is CCn1nc(C)c(Br)c1COc1c(Cl)cccc1CCl. The van der Waals surface area contributed by atoms with Gasteiger partial charge in [0, 0.05) is 12.1 Å².